The van der Waals surface area contributed by atoms with Crippen molar-refractivity contribution in [3.63, 3.8) is 0 Å². The first-order chi connectivity index (χ1) is 11.5. The van der Waals surface area contributed by atoms with Gasteiger partial charge in [-0.3, -0.25) is 0 Å². The molecular formula is C20H32N2O3. The predicted molar refractivity (Wildman–Crippen MR) is 101 cm³/mol. The van der Waals surface area contributed by atoms with Gasteiger partial charge in [0.15, 0.2) is 0 Å². The highest BCUT2D eigenvalue weighted by Crippen LogP contribution is 2.27. The molecule has 1 unspecified atom stereocenters. The summed E-state index contributed by atoms with van der Waals surface area (Å²) in [6.45, 7) is 13.5. The number of anilines is 1. The van der Waals surface area contributed by atoms with E-state index in [9.17, 15) is 9.90 Å². The number of piperazine rings is 1. The van der Waals surface area contributed by atoms with Crippen molar-refractivity contribution < 1.29 is 14.6 Å². The summed E-state index contributed by atoms with van der Waals surface area (Å²) in [6.07, 6.45) is 0.718. The van der Waals surface area contributed by atoms with E-state index in [0.717, 1.165) is 24.2 Å². The molecule has 2 rings (SSSR count). The molecule has 1 heterocycles. The number of nitrogens with zero attached hydrogens (tertiary/aromatic N) is 2. The van der Waals surface area contributed by atoms with Crippen LogP contribution in [-0.4, -0.2) is 47.4 Å². The number of hydrogen-bond donors (Lipinski definition) is 1. The van der Waals surface area contributed by atoms with E-state index in [2.05, 4.69) is 24.0 Å². The van der Waals surface area contributed by atoms with Gasteiger partial charge in [-0.05, 0) is 58.7 Å². The van der Waals surface area contributed by atoms with Crippen LogP contribution in [0.1, 0.15) is 53.5 Å². The number of carbonyl (C=O) groups excluding carboxylic acids is 1. The van der Waals surface area contributed by atoms with E-state index in [1.807, 2.05) is 32.9 Å². The van der Waals surface area contributed by atoms with E-state index >= 15 is 0 Å². The fraction of sp³-hybridized carbons (Fsp3) is 0.650. The highest BCUT2D eigenvalue weighted by molar-refractivity contribution is 5.69. The smallest absolute Gasteiger partial charge is 0.410 e. The minimum atomic E-state index is -0.835. The number of carbonyl (C=O) groups is 1. The van der Waals surface area contributed by atoms with Crippen LogP contribution < -0.4 is 4.90 Å². The van der Waals surface area contributed by atoms with E-state index < -0.39 is 11.2 Å². The van der Waals surface area contributed by atoms with Crippen molar-refractivity contribution in [3.05, 3.63) is 29.8 Å². The lowest BCUT2D eigenvalue weighted by Gasteiger charge is -2.42. The van der Waals surface area contributed by atoms with E-state index in [1.165, 1.54) is 0 Å². The molecule has 0 aromatic heterocycles. The second-order valence-corrected chi connectivity index (χ2v) is 8.29. The summed E-state index contributed by atoms with van der Waals surface area (Å²) in [5.74, 6) is 0. The summed E-state index contributed by atoms with van der Waals surface area (Å²) < 4.78 is 5.50. The van der Waals surface area contributed by atoms with Crippen LogP contribution in [-0.2, 0) is 10.3 Å². The van der Waals surface area contributed by atoms with E-state index in [4.69, 9.17) is 4.74 Å². The van der Waals surface area contributed by atoms with E-state index in [1.54, 1.807) is 18.7 Å². The number of hydrogen-bond acceptors (Lipinski definition) is 4. The Labute approximate surface area is 151 Å². The van der Waals surface area contributed by atoms with E-state index in [0.29, 0.717) is 13.1 Å². The molecule has 1 atom stereocenters. The van der Waals surface area contributed by atoms with Crippen LogP contribution >= 0.6 is 0 Å². The van der Waals surface area contributed by atoms with Crippen molar-refractivity contribution in [2.75, 3.05) is 24.5 Å². The molecule has 1 aliphatic rings. The SMILES string of the molecule is CCC1CN(C(=O)OC(C)(C)C)CCN1c1ccc(C(C)(C)O)cc1. The molecule has 25 heavy (non-hydrogen) atoms. The van der Waals surface area contributed by atoms with Gasteiger partial charge in [0.05, 0.1) is 5.60 Å². The van der Waals surface area contributed by atoms with Gasteiger partial charge >= 0.3 is 6.09 Å². The summed E-state index contributed by atoms with van der Waals surface area (Å²) in [7, 11) is 0. The standard InChI is InChI=1S/C20H32N2O3/c1-7-16-14-21(18(23)25-19(2,3)4)12-13-22(16)17-10-8-15(9-11-17)20(5,6)24/h8-11,16,24H,7,12-14H2,1-6H3. The molecule has 0 radical (unpaired) electrons. The molecule has 5 nitrogen and oxygen atoms in total. The third kappa shape index (κ3) is 5.11. The minimum absolute atomic E-state index is 0.233. The Morgan fingerprint density at radius 1 is 1.16 bits per heavy atom. The first kappa shape index (κ1) is 19.6. The number of ether oxygens (including phenoxy) is 1. The van der Waals surface area contributed by atoms with Crippen molar-refractivity contribution in [1.82, 2.24) is 4.90 Å². The Bertz CT molecular complexity index is 584. The summed E-state index contributed by atoms with van der Waals surface area (Å²) in [5.41, 5.74) is 0.724. The minimum Gasteiger partial charge on any atom is -0.444 e. The molecule has 0 saturated carbocycles. The largest absolute Gasteiger partial charge is 0.444 e. The van der Waals surface area contributed by atoms with Crippen LogP contribution in [0.2, 0.25) is 0 Å². The maximum absolute atomic E-state index is 12.3. The first-order valence-corrected chi connectivity index (χ1v) is 9.09. The highest BCUT2D eigenvalue weighted by atomic mass is 16.6. The van der Waals surface area contributed by atoms with Crippen molar-refractivity contribution in [1.29, 1.82) is 0 Å². The van der Waals surface area contributed by atoms with Gasteiger partial charge in [0, 0.05) is 31.4 Å². The summed E-state index contributed by atoms with van der Waals surface area (Å²) in [5, 5.41) is 10.1. The highest BCUT2D eigenvalue weighted by Gasteiger charge is 2.31. The van der Waals surface area contributed by atoms with Crippen molar-refractivity contribution in [2.45, 2.75) is 65.2 Å². The van der Waals surface area contributed by atoms with Gasteiger partial charge in [-0.1, -0.05) is 19.1 Å². The van der Waals surface area contributed by atoms with Crippen molar-refractivity contribution in [3.8, 4) is 0 Å². The number of aliphatic hydroxyl groups is 1. The average Bonchev–Trinajstić information content (AvgIpc) is 2.52. The second-order valence-electron chi connectivity index (χ2n) is 8.29. The van der Waals surface area contributed by atoms with Gasteiger partial charge in [0.2, 0.25) is 0 Å². The lowest BCUT2D eigenvalue weighted by atomic mass is 9.98. The van der Waals surface area contributed by atoms with Crippen LogP contribution in [0.4, 0.5) is 10.5 Å². The Balaban J connectivity index is 2.08. The summed E-state index contributed by atoms with van der Waals surface area (Å²) in [4.78, 5) is 16.5. The van der Waals surface area contributed by atoms with Crippen LogP contribution in [0.3, 0.4) is 0 Å². The zero-order valence-electron chi connectivity index (χ0n) is 16.4. The van der Waals surface area contributed by atoms with Gasteiger partial charge in [-0.2, -0.15) is 0 Å². The summed E-state index contributed by atoms with van der Waals surface area (Å²) in [6, 6.07) is 8.32. The van der Waals surface area contributed by atoms with Crippen LogP contribution in [0.25, 0.3) is 0 Å². The fourth-order valence-electron chi connectivity index (χ4n) is 3.10. The molecule has 1 amide bonds. The molecule has 0 aliphatic carbocycles. The Morgan fingerprint density at radius 3 is 2.24 bits per heavy atom. The molecule has 140 valence electrons. The van der Waals surface area contributed by atoms with Crippen LogP contribution in [0.15, 0.2) is 24.3 Å². The molecule has 1 aliphatic heterocycles. The van der Waals surface area contributed by atoms with Crippen LogP contribution in [0.5, 0.6) is 0 Å². The Kier molecular flexibility index (Phi) is 5.67. The van der Waals surface area contributed by atoms with Gasteiger partial charge in [-0.15, -0.1) is 0 Å². The lowest BCUT2D eigenvalue weighted by Crippen LogP contribution is -2.55. The molecule has 1 N–H and O–H groups in total. The molecule has 1 aromatic rings. The zero-order chi connectivity index (χ0) is 18.8. The quantitative estimate of drug-likeness (QED) is 0.904. The van der Waals surface area contributed by atoms with Crippen molar-refractivity contribution in [2.24, 2.45) is 0 Å². The molecule has 5 heteroatoms. The van der Waals surface area contributed by atoms with E-state index in [-0.39, 0.29) is 12.1 Å². The maximum Gasteiger partial charge on any atom is 0.410 e. The Morgan fingerprint density at radius 2 is 1.76 bits per heavy atom. The van der Waals surface area contributed by atoms with Crippen molar-refractivity contribution >= 4 is 11.8 Å². The van der Waals surface area contributed by atoms with Gasteiger partial charge in [0.1, 0.15) is 5.60 Å². The third-order valence-corrected chi connectivity index (χ3v) is 4.51. The number of rotatable bonds is 3. The second kappa shape index (κ2) is 7.24. The summed E-state index contributed by atoms with van der Waals surface area (Å²) >= 11 is 0. The zero-order valence-corrected chi connectivity index (χ0v) is 16.4. The van der Waals surface area contributed by atoms with Crippen LogP contribution in [0, 0.1) is 0 Å². The molecule has 0 bridgehead atoms. The van der Waals surface area contributed by atoms with Gasteiger partial charge < -0.3 is 19.6 Å². The number of amides is 1. The normalized spacial score (nSPS) is 19.1. The predicted octanol–water partition coefficient (Wildman–Crippen LogP) is 3.75. The monoisotopic (exact) mass is 348 g/mol. The lowest BCUT2D eigenvalue weighted by molar-refractivity contribution is 0.0213. The van der Waals surface area contributed by atoms with Gasteiger partial charge in [0.25, 0.3) is 0 Å². The molecule has 1 saturated heterocycles. The topological polar surface area (TPSA) is 53.0 Å². The molecule has 1 fully saturated rings. The third-order valence-electron chi connectivity index (χ3n) is 4.51. The molecule has 0 spiro atoms. The molecule has 1 aromatic carbocycles. The fourth-order valence-corrected chi connectivity index (χ4v) is 3.10. The Hall–Kier alpha value is -1.75. The average molecular weight is 348 g/mol. The van der Waals surface area contributed by atoms with Gasteiger partial charge in [-0.25, -0.2) is 4.79 Å². The molecular weight excluding hydrogens is 316 g/mol. The first-order valence-electron chi connectivity index (χ1n) is 9.09. The maximum atomic E-state index is 12.3. The number of benzene rings is 1.